The highest BCUT2D eigenvalue weighted by Crippen LogP contribution is 2.17. The molecule has 0 bridgehead atoms. The molecule has 1 aromatic carbocycles. The summed E-state index contributed by atoms with van der Waals surface area (Å²) in [6, 6.07) is 9.10. The Labute approximate surface area is 219 Å². The molecule has 1 aliphatic heterocycles. The van der Waals surface area contributed by atoms with Gasteiger partial charge in [0.2, 0.25) is 5.91 Å². The van der Waals surface area contributed by atoms with Gasteiger partial charge in [-0.3, -0.25) is 19.0 Å². The third kappa shape index (κ3) is 7.52. The zero-order chi connectivity index (χ0) is 26.8. The predicted molar refractivity (Wildman–Crippen MR) is 145 cm³/mol. The molecule has 3 rings (SSSR count). The molecule has 1 aliphatic rings. The maximum Gasteiger partial charge on any atom is 0.270 e. The van der Waals surface area contributed by atoms with Crippen LogP contribution in [0.15, 0.2) is 29.1 Å². The Morgan fingerprint density at radius 1 is 1.24 bits per heavy atom. The van der Waals surface area contributed by atoms with Crippen molar-refractivity contribution in [3.05, 3.63) is 43.8 Å². The molecule has 2 heterocycles. The number of aliphatic hydroxyl groups is 1. The number of likely N-dealkylation sites (tertiary alicyclic amines) is 1. The Morgan fingerprint density at radius 3 is 2.62 bits per heavy atom. The van der Waals surface area contributed by atoms with Gasteiger partial charge in [0.15, 0.2) is 5.57 Å². The molecular weight excluding hydrogens is 492 g/mol. The molecule has 0 atom stereocenters. The monoisotopic (exact) mass is 526 g/mol. The SMILES string of the molecule is CCNC(=O)/C(C#N)=c1\s/c(=C/Nc2cccc(NC(=O)CCN3CCC(CO)CC3)c2)c(=O)n1CC. The van der Waals surface area contributed by atoms with E-state index in [4.69, 9.17) is 0 Å². The molecule has 0 aliphatic carbocycles. The van der Waals surface area contributed by atoms with Crippen molar-refractivity contribution in [1.82, 2.24) is 14.8 Å². The van der Waals surface area contributed by atoms with Crippen molar-refractivity contribution in [1.29, 1.82) is 5.26 Å². The summed E-state index contributed by atoms with van der Waals surface area (Å²) in [6.07, 6.45) is 3.84. The lowest BCUT2D eigenvalue weighted by molar-refractivity contribution is -0.117. The number of nitrogens with zero attached hydrogens (tertiary/aromatic N) is 3. The van der Waals surface area contributed by atoms with E-state index < -0.39 is 5.91 Å². The quantitative estimate of drug-likeness (QED) is 0.356. The molecular formula is C26H34N6O4S. The molecule has 4 N–H and O–H groups in total. The maximum atomic E-state index is 12.9. The fraction of sp³-hybridized carbons (Fsp3) is 0.462. The summed E-state index contributed by atoms with van der Waals surface area (Å²) in [5.74, 6) is -0.218. The first-order valence-corrected chi connectivity index (χ1v) is 13.3. The van der Waals surface area contributed by atoms with E-state index in [-0.39, 0.29) is 23.6 Å². The van der Waals surface area contributed by atoms with Gasteiger partial charge in [0.25, 0.3) is 11.5 Å². The van der Waals surface area contributed by atoms with Crippen molar-refractivity contribution in [3.63, 3.8) is 0 Å². The number of aliphatic hydroxyl groups excluding tert-OH is 1. The fourth-order valence-electron chi connectivity index (χ4n) is 4.15. The number of rotatable bonds is 10. The number of nitriles is 1. The van der Waals surface area contributed by atoms with Crippen LogP contribution in [0.2, 0.25) is 0 Å². The lowest BCUT2D eigenvalue weighted by Crippen LogP contribution is -2.36. The van der Waals surface area contributed by atoms with Crippen LogP contribution in [0.4, 0.5) is 11.4 Å². The summed E-state index contributed by atoms with van der Waals surface area (Å²) < 4.78 is 2.08. The summed E-state index contributed by atoms with van der Waals surface area (Å²) in [7, 11) is 0. The first-order valence-electron chi connectivity index (χ1n) is 12.5. The van der Waals surface area contributed by atoms with Crippen molar-refractivity contribution >= 4 is 46.3 Å². The van der Waals surface area contributed by atoms with Gasteiger partial charge < -0.3 is 26.0 Å². The van der Waals surface area contributed by atoms with Gasteiger partial charge in [0.1, 0.15) is 15.3 Å². The van der Waals surface area contributed by atoms with Crippen molar-refractivity contribution in [3.8, 4) is 6.07 Å². The molecule has 2 aromatic rings. The summed E-state index contributed by atoms with van der Waals surface area (Å²) in [6.45, 7) is 6.95. The Bertz CT molecular complexity index is 1320. The van der Waals surface area contributed by atoms with Crippen LogP contribution in [0, 0.1) is 17.2 Å². The average Bonchev–Trinajstić information content (AvgIpc) is 3.22. The molecule has 0 radical (unpaired) electrons. The molecule has 10 nitrogen and oxygen atoms in total. The molecule has 0 spiro atoms. The van der Waals surface area contributed by atoms with Crippen LogP contribution in [0.1, 0.15) is 33.1 Å². The van der Waals surface area contributed by atoms with E-state index in [9.17, 15) is 24.8 Å². The predicted octanol–water partition coefficient (Wildman–Crippen LogP) is 0.623. The van der Waals surface area contributed by atoms with Crippen molar-refractivity contribution in [2.45, 2.75) is 39.7 Å². The molecule has 11 heteroatoms. The third-order valence-corrected chi connectivity index (χ3v) is 7.38. The zero-order valence-electron chi connectivity index (χ0n) is 21.2. The normalized spacial score (nSPS) is 15.7. The highest BCUT2D eigenvalue weighted by Gasteiger charge is 2.19. The van der Waals surface area contributed by atoms with Crippen molar-refractivity contribution < 1.29 is 14.7 Å². The summed E-state index contributed by atoms with van der Waals surface area (Å²) in [4.78, 5) is 39.9. The molecule has 1 aromatic heterocycles. The van der Waals surface area contributed by atoms with E-state index in [1.807, 2.05) is 12.1 Å². The van der Waals surface area contributed by atoms with Crippen LogP contribution in [0.3, 0.4) is 0 Å². The van der Waals surface area contributed by atoms with Gasteiger partial charge in [0.05, 0.1) is 0 Å². The van der Waals surface area contributed by atoms with Crippen LogP contribution in [-0.4, -0.2) is 59.2 Å². The van der Waals surface area contributed by atoms with E-state index in [0.29, 0.717) is 52.5 Å². The van der Waals surface area contributed by atoms with Crippen LogP contribution in [0.25, 0.3) is 11.8 Å². The minimum atomic E-state index is -0.508. The van der Waals surface area contributed by atoms with Gasteiger partial charge in [-0.05, 0) is 63.9 Å². The highest BCUT2D eigenvalue weighted by atomic mass is 32.1. The standard InChI is InChI=1S/C26H34N6O4S/c1-3-28-24(35)21(15-27)26-32(4-2)25(36)22(37-26)16-29-19-6-5-7-20(14-19)30-23(34)10-13-31-11-8-18(17-33)9-12-31/h5-7,14,16,18,29,33H,3-4,8-13,17H2,1-2H3,(H,28,35)(H,30,34)/b22-16+,26-21-. The summed E-state index contributed by atoms with van der Waals surface area (Å²) in [5.41, 5.74) is 0.929. The lowest BCUT2D eigenvalue weighted by atomic mass is 9.98. The molecule has 0 unspecified atom stereocenters. The topological polar surface area (TPSA) is 139 Å². The molecule has 1 fully saturated rings. The van der Waals surface area contributed by atoms with E-state index in [2.05, 4.69) is 20.9 Å². The first kappa shape index (κ1) is 28.1. The molecule has 2 amide bonds. The highest BCUT2D eigenvalue weighted by molar-refractivity contribution is 7.07. The van der Waals surface area contributed by atoms with Gasteiger partial charge in [-0.1, -0.05) is 6.07 Å². The Hall–Kier alpha value is -3.46. The number of thiazole rings is 1. The van der Waals surface area contributed by atoms with E-state index in [1.54, 1.807) is 38.2 Å². The van der Waals surface area contributed by atoms with Crippen molar-refractivity contribution in [2.75, 3.05) is 43.4 Å². The Kier molecular flexibility index (Phi) is 10.4. The van der Waals surface area contributed by atoms with Gasteiger partial charge in [0, 0.05) is 50.2 Å². The average molecular weight is 527 g/mol. The lowest BCUT2D eigenvalue weighted by Gasteiger charge is -2.30. The zero-order valence-corrected chi connectivity index (χ0v) is 22.1. The number of hydrogen-bond acceptors (Lipinski definition) is 8. The Morgan fingerprint density at radius 2 is 1.97 bits per heavy atom. The van der Waals surface area contributed by atoms with E-state index >= 15 is 0 Å². The number of carbonyl (C=O) groups excluding carboxylic acids is 2. The van der Waals surface area contributed by atoms with E-state index in [0.717, 1.165) is 37.3 Å². The second kappa shape index (κ2) is 13.7. The van der Waals surface area contributed by atoms with Gasteiger partial charge in [-0.15, -0.1) is 11.3 Å². The smallest absolute Gasteiger partial charge is 0.270 e. The number of aromatic nitrogens is 1. The van der Waals surface area contributed by atoms with Gasteiger partial charge >= 0.3 is 0 Å². The fourth-order valence-corrected chi connectivity index (χ4v) is 5.23. The largest absolute Gasteiger partial charge is 0.396 e. The number of nitrogens with one attached hydrogen (secondary N) is 3. The molecule has 198 valence electrons. The number of hydrogen-bond donors (Lipinski definition) is 4. The van der Waals surface area contributed by atoms with Crippen LogP contribution in [0.5, 0.6) is 0 Å². The minimum absolute atomic E-state index is 0.0796. The third-order valence-electron chi connectivity index (χ3n) is 6.25. The van der Waals surface area contributed by atoms with Gasteiger partial charge in [-0.2, -0.15) is 5.26 Å². The number of carbonyl (C=O) groups is 2. The van der Waals surface area contributed by atoms with Crippen LogP contribution in [-0.2, 0) is 16.1 Å². The second-order valence-corrected chi connectivity index (χ2v) is 9.83. The summed E-state index contributed by atoms with van der Waals surface area (Å²) in [5, 5.41) is 27.4. The number of amides is 2. The molecule has 1 saturated heterocycles. The van der Waals surface area contributed by atoms with E-state index in [1.165, 1.54) is 4.57 Å². The molecule has 37 heavy (non-hydrogen) atoms. The Balaban J connectivity index is 1.69. The number of anilines is 2. The number of benzene rings is 1. The minimum Gasteiger partial charge on any atom is -0.396 e. The number of piperidine rings is 1. The van der Waals surface area contributed by atoms with Crippen LogP contribution >= 0.6 is 11.3 Å². The molecule has 0 saturated carbocycles. The van der Waals surface area contributed by atoms with Gasteiger partial charge in [-0.25, -0.2) is 0 Å². The van der Waals surface area contributed by atoms with Crippen molar-refractivity contribution in [2.24, 2.45) is 5.92 Å². The van der Waals surface area contributed by atoms with Crippen LogP contribution < -0.4 is 30.7 Å². The second-order valence-electron chi connectivity index (χ2n) is 8.80. The maximum absolute atomic E-state index is 12.9. The first-order chi connectivity index (χ1) is 17.9. The summed E-state index contributed by atoms with van der Waals surface area (Å²) >= 11 is 1.08.